The molecule has 0 N–H and O–H groups in total. The van der Waals surface area contributed by atoms with Gasteiger partial charge in [0.2, 0.25) is 0 Å². The molecule has 35 heavy (non-hydrogen) atoms. The fourth-order valence-electron chi connectivity index (χ4n) is 5.19. The van der Waals surface area contributed by atoms with Gasteiger partial charge < -0.3 is 14.4 Å². The Balaban J connectivity index is 1.61. The number of nitrogens with zero attached hydrogens (tertiary/aromatic N) is 1. The van der Waals surface area contributed by atoms with E-state index >= 15 is 0 Å². The Morgan fingerprint density at radius 1 is 0.886 bits per heavy atom. The van der Waals surface area contributed by atoms with Crippen molar-refractivity contribution in [2.45, 2.75) is 48.6 Å². The Labute approximate surface area is 210 Å². The molecule has 1 amide bonds. The maximum atomic E-state index is 14.1. The van der Waals surface area contributed by atoms with Crippen molar-refractivity contribution in [2.75, 3.05) is 6.61 Å². The number of carbonyl (C=O) groups is 2. The smallest absolute Gasteiger partial charge is 0.331 e. The van der Waals surface area contributed by atoms with E-state index in [9.17, 15) is 9.59 Å². The van der Waals surface area contributed by atoms with Gasteiger partial charge in [-0.3, -0.25) is 4.79 Å². The Kier molecular flexibility index (Phi) is 6.20. The summed E-state index contributed by atoms with van der Waals surface area (Å²) < 4.78 is 11.8. The molecule has 3 aromatic carbocycles. The summed E-state index contributed by atoms with van der Waals surface area (Å²) >= 11 is 1.60. The van der Waals surface area contributed by atoms with E-state index in [0.717, 1.165) is 16.7 Å². The molecule has 5 nitrogen and oxygen atoms in total. The molecule has 6 heteroatoms. The van der Waals surface area contributed by atoms with Crippen molar-refractivity contribution in [3.8, 4) is 0 Å². The fraction of sp³-hybridized carbons (Fsp3) is 0.310. The molecule has 0 radical (unpaired) electrons. The molecule has 2 saturated heterocycles. The number of rotatable bonds is 7. The van der Waals surface area contributed by atoms with Gasteiger partial charge in [0.15, 0.2) is 11.7 Å². The number of benzene rings is 3. The van der Waals surface area contributed by atoms with Crippen LogP contribution in [-0.4, -0.2) is 45.6 Å². The summed E-state index contributed by atoms with van der Waals surface area (Å²) in [4.78, 5) is 28.8. The van der Waals surface area contributed by atoms with Crippen LogP contribution in [0, 0.1) is 0 Å². The Bertz CT molecular complexity index is 1100. The first-order valence-electron chi connectivity index (χ1n) is 11.9. The number of fused-ring (bicyclic) bond motifs is 1. The van der Waals surface area contributed by atoms with Gasteiger partial charge in [-0.1, -0.05) is 91.0 Å². The van der Waals surface area contributed by atoms with Gasteiger partial charge >= 0.3 is 5.97 Å². The average Bonchev–Trinajstić information content (AvgIpc) is 3.15. The van der Waals surface area contributed by atoms with Gasteiger partial charge in [-0.15, -0.1) is 11.8 Å². The van der Waals surface area contributed by atoms with Gasteiger partial charge in [0.1, 0.15) is 11.4 Å². The minimum absolute atomic E-state index is 0.151. The molecule has 2 fully saturated rings. The van der Waals surface area contributed by atoms with Gasteiger partial charge in [-0.2, -0.15) is 0 Å². The molecule has 0 spiro atoms. The van der Waals surface area contributed by atoms with E-state index in [2.05, 4.69) is 0 Å². The molecule has 3 atom stereocenters. The van der Waals surface area contributed by atoms with Crippen LogP contribution in [0.15, 0.2) is 91.0 Å². The second-order valence-electron chi connectivity index (χ2n) is 9.34. The summed E-state index contributed by atoms with van der Waals surface area (Å²) in [6.07, 6.45) is -0.510. The first-order chi connectivity index (χ1) is 16.9. The van der Waals surface area contributed by atoms with Gasteiger partial charge in [0.05, 0.1) is 0 Å². The molecule has 2 heterocycles. The third kappa shape index (κ3) is 3.85. The molecule has 3 aromatic rings. The quantitative estimate of drug-likeness (QED) is 0.267. The van der Waals surface area contributed by atoms with E-state index in [1.807, 2.05) is 112 Å². The Hall–Kier alpha value is -3.09. The highest BCUT2D eigenvalue weighted by Crippen LogP contribution is 2.53. The number of ether oxygens (including phenoxy) is 2. The highest BCUT2D eigenvalue weighted by molar-refractivity contribution is 8.01. The van der Waals surface area contributed by atoms with Crippen LogP contribution in [0.4, 0.5) is 0 Å². The number of carbonyl (C=O) groups excluding carboxylic acids is 2. The minimum atomic E-state index is -1.17. The summed E-state index contributed by atoms with van der Waals surface area (Å²) in [7, 11) is 0. The molecule has 2 aliphatic rings. The minimum Gasteiger partial charge on any atom is -0.443 e. The Morgan fingerprint density at radius 3 is 1.77 bits per heavy atom. The molecule has 5 rings (SSSR count). The maximum Gasteiger partial charge on any atom is 0.331 e. The van der Waals surface area contributed by atoms with Crippen molar-refractivity contribution in [3.05, 3.63) is 108 Å². The van der Waals surface area contributed by atoms with E-state index in [1.54, 1.807) is 16.7 Å². The summed E-state index contributed by atoms with van der Waals surface area (Å²) in [5, 5.41) is -0.186. The lowest BCUT2D eigenvalue weighted by molar-refractivity contribution is -0.180. The zero-order chi connectivity index (χ0) is 24.6. The lowest BCUT2D eigenvalue weighted by atomic mass is 9.80. The highest BCUT2D eigenvalue weighted by atomic mass is 32.2. The van der Waals surface area contributed by atoms with Crippen LogP contribution in [0.5, 0.6) is 0 Å². The third-order valence-electron chi connectivity index (χ3n) is 6.76. The molecule has 180 valence electrons. The number of β-lactam (4-membered cyclic amide) rings is 1. The van der Waals surface area contributed by atoms with Crippen molar-refractivity contribution in [2.24, 2.45) is 0 Å². The number of thioether (sulfide) groups is 1. The Morgan fingerprint density at radius 2 is 1.34 bits per heavy atom. The normalized spacial score (nSPS) is 22.9. The summed E-state index contributed by atoms with van der Waals surface area (Å²) in [5.41, 5.74) is 1.35. The van der Waals surface area contributed by atoms with Gasteiger partial charge in [-0.05, 0) is 20.8 Å². The van der Waals surface area contributed by atoms with E-state index < -0.39 is 28.5 Å². The van der Waals surface area contributed by atoms with E-state index in [1.165, 1.54) is 0 Å². The summed E-state index contributed by atoms with van der Waals surface area (Å²) in [5.74, 6) is -0.577. The molecule has 0 bridgehead atoms. The fourth-order valence-corrected chi connectivity index (χ4v) is 6.81. The van der Waals surface area contributed by atoms with E-state index in [4.69, 9.17) is 9.47 Å². The lowest BCUT2D eigenvalue weighted by Crippen LogP contribution is -2.66. The number of amides is 1. The first-order valence-corrected chi connectivity index (χ1v) is 12.8. The molecule has 0 unspecified atom stereocenters. The van der Waals surface area contributed by atoms with E-state index in [-0.39, 0.29) is 11.3 Å². The third-order valence-corrected chi connectivity index (χ3v) is 8.30. The SMILES string of the molecule is CCO[C@@H]1C(=O)N2[C@@H]1SC(C)(C)[C@@H]2C(=O)OC(c1ccccc1)(c1ccccc1)c1ccccc1. The zero-order valence-electron chi connectivity index (χ0n) is 20.1. The molecular formula is C29H29NO4S. The largest absolute Gasteiger partial charge is 0.443 e. The monoisotopic (exact) mass is 487 g/mol. The highest BCUT2D eigenvalue weighted by Gasteiger charge is 2.65. The van der Waals surface area contributed by atoms with Crippen molar-refractivity contribution in [3.63, 3.8) is 0 Å². The molecule has 0 saturated carbocycles. The standard InChI is InChI=1S/C29H29NO4S/c1-4-33-23-25(31)30-24(28(2,3)35-26(23)30)27(32)34-29(20-14-8-5-9-15-20,21-16-10-6-11-17-21)22-18-12-7-13-19-22/h5-19,23-24,26H,4H2,1-3H3/t23-,24+,26-/m1/s1. The summed E-state index contributed by atoms with van der Waals surface area (Å²) in [6, 6.07) is 28.6. The number of hydrogen-bond acceptors (Lipinski definition) is 5. The average molecular weight is 488 g/mol. The lowest BCUT2D eigenvalue weighted by Gasteiger charge is -2.44. The van der Waals surface area contributed by atoms with E-state index in [0.29, 0.717) is 6.61 Å². The van der Waals surface area contributed by atoms with Crippen LogP contribution < -0.4 is 0 Å². The predicted octanol–water partition coefficient (Wildman–Crippen LogP) is 4.99. The zero-order valence-corrected chi connectivity index (χ0v) is 20.9. The molecule has 0 aliphatic carbocycles. The van der Waals surface area contributed by atoms with Crippen LogP contribution in [0.3, 0.4) is 0 Å². The van der Waals surface area contributed by atoms with Crippen LogP contribution in [0.25, 0.3) is 0 Å². The molecule has 2 aliphatic heterocycles. The second-order valence-corrected chi connectivity index (χ2v) is 11.1. The second kappa shape index (κ2) is 9.17. The van der Waals surface area contributed by atoms with Gasteiger partial charge in [-0.25, -0.2) is 4.79 Å². The molecular weight excluding hydrogens is 458 g/mol. The van der Waals surface area contributed by atoms with Crippen molar-refractivity contribution >= 4 is 23.6 Å². The predicted molar refractivity (Wildman–Crippen MR) is 137 cm³/mol. The van der Waals surface area contributed by atoms with Crippen molar-refractivity contribution < 1.29 is 19.1 Å². The van der Waals surface area contributed by atoms with Gasteiger partial charge in [0, 0.05) is 28.0 Å². The van der Waals surface area contributed by atoms with Crippen molar-refractivity contribution in [1.82, 2.24) is 4.90 Å². The number of hydrogen-bond donors (Lipinski definition) is 0. The van der Waals surface area contributed by atoms with Crippen LogP contribution in [-0.2, 0) is 24.7 Å². The molecule has 0 aromatic heterocycles. The van der Waals surface area contributed by atoms with Gasteiger partial charge in [0.25, 0.3) is 5.91 Å². The number of esters is 1. The first kappa shape index (κ1) is 23.6. The maximum absolute atomic E-state index is 14.1. The topological polar surface area (TPSA) is 55.8 Å². The summed E-state index contributed by atoms with van der Waals surface area (Å²) in [6.45, 7) is 6.32. The van der Waals surface area contributed by atoms with Crippen LogP contribution in [0.1, 0.15) is 37.5 Å². The van der Waals surface area contributed by atoms with Crippen molar-refractivity contribution in [1.29, 1.82) is 0 Å². The van der Waals surface area contributed by atoms with Crippen LogP contribution in [0.2, 0.25) is 0 Å². The van der Waals surface area contributed by atoms with Crippen LogP contribution >= 0.6 is 11.8 Å².